The fourth-order valence-corrected chi connectivity index (χ4v) is 1.83. The van der Waals surface area contributed by atoms with E-state index in [1.54, 1.807) is 0 Å². The summed E-state index contributed by atoms with van der Waals surface area (Å²) in [4.78, 5) is 0. The Morgan fingerprint density at radius 2 is 1.92 bits per heavy atom. The molecule has 66 valence electrons. The summed E-state index contributed by atoms with van der Waals surface area (Å²) in [5.41, 5.74) is -0.453. The lowest BCUT2D eigenvalue weighted by Crippen LogP contribution is -2.20. The normalized spacial score (nSPS) is 15.6. The second-order valence-electron chi connectivity index (χ2n) is 2.82. The molecule has 0 nitrogen and oxygen atoms in total. The van der Waals surface area contributed by atoms with E-state index < -0.39 is 5.67 Å². The van der Waals surface area contributed by atoms with Crippen molar-refractivity contribution in [1.29, 1.82) is 0 Å². The molecule has 0 saturated carbocycles. The minimum atomic E-state index is -1.21. The molecule has 0 aliphatic carbocycles. The Balaban J connectivity index is 2.95. The summed E-state index contributed by atoms with van der Waals surface area (Å²) < 4.78 is 13.9. The van der Waals surface area contributed by atoms with Crippen LogP contribution in [0.1, 0.15) is 18.9 Å². The number of halogens is 2. The lowest BCUT2D eigenvalue weighted by Gasteiger charge is -2.21. The largest absolute Gasteiger partial charge is 0.238 e. The molecule has 0 heterocycles. The van der Waals surface area contributed by atoms with Crippen molar-refractivity contribution in [2.24, 2.45) is 0 Å². The second kappa shape index (κ2) is 4.04. The second-order valence-corrected chi connectivity index (χ2v) is 3.38. The van der Waals surface area contributed by atoms with Crippen LogP contribution >= 0.6 is 15.9 Å². The third kappa shape index (κ3) is 1.86. The molecule has 2 heteroatoms. The highest BCUT2D eigenvalue weighted by Crippen LogP contribution is 2.31. The highest BCUT2D eigenvalue weighted by Gasteiger charge is 2.27. The van der Waals surface area contributed by atoms with Gasteiger partial charge < -0.3 is 0 Å². The van der Waals surface area contributed by atoms with Gasteiger partial charge in [-0.25, -0.2) is 4.39 Å². The number of benzene rings is 1. The van der Waals surface area contributed by atoms with Gasteiger partial charge in [-0.3, -0.25) is 0 Å². The predicted molar refractivity (Wildman–Crippen MR) is 53.3 cm³/mol. The number of rotatable bonds is 3. The zero-order chi connectivity index (χ0) is 9.03. The maximum Gasteiger partial charge on any atom is 0.145 e. The number of alkyl halides is 2. The average molecular weight is 231 g/mol. The van der Waals surface area contributed by atoms with E-state index in [0.29, 0.717) is 11.8 Å². The lowest BCUT2D eigenvalue weighted by molar-refractivity contribution is 0.194. The van der Waals surface area contributed by atoms with Crippen molar-refractivity contribution in [3.63, 3.8) is 0 Å². The number of hydrogen-bond donors (Lipinski definition) is 0. The Bertz CT molecular complexity index is 229. The quantitative estimate of drug-likeness (QED) is 0.696. The first-order valence-electron chi connectivity index (χ1n) is 4.03. The molecule has 1 unspecified atom stereocenters. The highest BCUT2D eigenvalue weighted by molar-refractivity contribution is 9.09. The molecule has 1 atom stereocenters. The molecule has 1 rings (SSSR count). The molecule has 0 N–H and O–H groups in total. The van der Waals surface area contributed by atoms with E-state index in [2.05, 4.69) is 15.9 Å². The van der Waals surface area contributed by atoms with E-state index in [9.17, 15) is 4.39 Å². The summed E-state index contributed by atoms with van der Waals surface area (Å²) >= 11 is 3.19. The molecular weight excluding hydrogens is 219 g/mol. The van der Waals surface area contributed by atoms with Crippen LogP contribution in [0.15, 0.2) is 30.3 Å². The molecule has 0 aliphatic heterocycles. The van der Waals surface area contributed by atoms with E-state index in [1.165, 1.54) is 0 Å². The molecule has 0 aliphatic rings. The fourth-order valence-electron chi connectivity index (χ4n) is 1.11. The van der Waals surface area contributed by atoms with Gasteiger partial charge in [0.25, 0.3) is 0 Å². The third-order valence-electron chi connectivity index (χ3n) is 2.06. The van der Waals surface area contributed by atoms with Gasteiger partial charge in [0.2, 0.25) is 0 Å². The first kappa shape index (κ1) is 9.72. The van der Waals surface area contributed by atoms with Crippen molar-refractivity contribution in [3.8, 4) is 0 Å². The van der Waals surface area contributed by atoms with Crippen molar-refractivity contribution in [1.82, 2.24) is 0 Å². The zero-order valence-corrected chi connectivity index (χ0v) is 8.64. The topological polar surface area (TPSA) is 0 Å². The van der Waals surface area contributed by atoms with Crippen molar-refractivity contribution in [2.75, 3.05) is 5.33 Å². The van der Waals surface area contributed by atoms with Crippen molar-refractivity contribution < 1.29 is 4.39 Å². The molecule has 0 aromatic heterocycles. The van der Waals surface area contributed by atoms with Gasteiger partial charge in [-0.1, -0.05) is 53.2 Å². The van der Waals surface area contributed by atoms with Crippen LogP contribution in [0.4, 0.5) is 4.39 Å². The van der Waals surface area contributed by atoms with Gasteiger partial charge in [0.05, 0.1) is 0 Å². The summed E-state index contributed by atoms with van der Waals surface area (Å²) in [7, 11) is 0. The smallest absolute Gasteiger partial charge is 0.145 e. The molecule has 0 saturated heterocycles. The first-order valence-corrected chi connectivity index (χ1v) is 5.15. The monoisotopic (exact) mass is 230 g/mol. The van der Waals surface area contributed by atoms with Crippen LogP contribution in [0.3, 0.4) is 0 Å². The average Bonchev–Trinajstić information content (AvgIpc) is 2.18. The fraction of sp³-hybridized carbons (Fsp3) is 0.400. The minimum absolute atomic E-state index is 0.362. The Kier molecular flexibility index (Phi) is 3.27. The summed E-state index contributed by atoms with van der Waals surface area (Å²) in [6, 6.07) is 9.27. The van der Waals surface area contributed by atoms with Crippen LogP contribution in [0.25, 0.3) is 0 Å². The molecule has 1 aromatic carbocycles. The minimum Gasteiger partial charge on any atom is -0.238 e. The Labute approximate surface area is 80.9 Å². The van der Waals surface area contributed by atoms with Crippen molar-refractivity contribution >= 4 is 15.9 Å². The Morgan fingerprint density at radius 3 is 2.33 bits per heavy atom. The van der Waals surface area contributed by atoms with Crippen LogP contribution in [-0.4, -0.2) is 5.33 Å². The molecule has 0 amide bonds. The summed E-state index contributed by atoms with van der Waals surface area (Å²) in [6.07, 6.45) is 0.502. The molecular formula is C10H12BrF. The zero-order valence-electron chi connectivity index (χ0n) is 7.06. The van der Waals surface area contributed by atoms with Crippen LogP contribution in [0.2, 0.25) is 0 Å². The summed E-state index contributed by atoms with van der Waals surface area (Å²) in [5, 5.41) is 0.362. The molecule has 0 spiro atoms. The van der Waals surface area contributed by atoms with Gasteiger partial charge in [-0.15, -0.1) is 0 Å². The van der Waals surface area contributed by atoms with E-state index >= 15 is 0 Å². The predicted octanol–water partition coefficient (Wildman–Crippen LogP) is 3.66. The number of hydrogen-bond acceptors (Lipinski definition) is 0. The van der Waals surface area contributed by atoms with E-state index in [-0.39, 0.29) is 0 Å². The maximum atomic E-state index is 13.9. The van der Waals surface area contributed by atoms with E-state index in [1.807, 2.05) is 37.3 Å². The highest BCUT2D eigenvalue weighted by atomic mass is 79.9. The molecule has 1 aromatic rings. The van der Waals surface area contributed by atoms with Crippen LogP contribution in [0.5, 0.6) is 0 Å². The van der Waals surface area contributed by atoms with Gasteiger partial charge in [0.15, 0.2) is 0 Å². The van der Waals surface area contributed by atoms with E-state index in [0.717, 1.165) is 5.56 Å². The summed E-state index contributed by atoms with van der Waals surface area (Å²) in [5.74, 6) is 0. The van der Waals surface area contributed by atoms with Gasteiger partial charge in [0, 0.05) is 5.33 Å². The van der Waals surface area contributed by atoms with E-state index in [4.69, 9.17) is 0 Å². The van der Waals surface area contributed by atoms with Crippen LogP contribution in [-0.2, 0) is 5.67 Å². The molecule has 0 fully saturated rings. The maximum absolute atomic E-state index is 13.9. The summed E-state index contributed by atoms with van der Waals surface area (Å²) in [6.45, 7) is 1.86. The Hall–Kier alpha value is -0.370. The third-order valence-corrected chi connectivity index (χ3v) is 2.95. The molecule has 12 heavy (non-hydrogen) atoms. The standard InChI is InChI=1S/C10H12BrF/c1-2-10(12,8-11)9-6-4-3-5-7-9/h3-7H,2,8H2,1H3. The molecule has 0 bridgehead atoms. The van der Waals surface area contributed by atoms with Crippen LogP contribution in [0, 0.1) is 0 Å². The first-order chi connectivity index (χ1) is 5.73. The Morgan fingerprint density at radius 1 is 1.33 bits per heavy atom. The van der Waals surface area contributed by atoms with Gasteiger partial charge >= 0.3 is 0 Å². The van der Waals surface area contributed by atoms with Gasteiger partial charge in [-0.05, 0) is 12.0 Å². The van der Waals surface area contributed by atoms with Crippen molar-refractivity contribution in [2.45, 2.75) is 19.0 Å². The van der Waals surface area contributed by atoms with Crippen molar-refractivity contribution in [3.05, 3.63) is 35.9 Å². The SMILES string of the molecule is CCC(F)(CBr)c1ccccc1. The van der Waals surface area contributed by atoms with Gasteiger partial charge in [0.1, 0.15) is 5.67 Å². The van der Waals surface area contributed by atoms with Crippen LogP contribution < -0.4 is 0 Å². The van der Waals surface area contributed by atoms with Gasteiger partial charge in [-0.2, -0.15) is 0 Å². The molecule has 0 radical (unpaired) electrons. The lowest BCUT2D eigenvalue weighted by atomic mass is 9.95.